The van der Waals surface area contributed by atoms with Crippen molar-refractivity contribution in [2.24, 2.45) is 0 Å². The van der Waals surface area contributed by atoms with Crippen molar-refractivity contribution >= 4 is 56.8 Å². The van der Waals surface area contributed by atoms with Crippen LogP contribution in [0.1, 0.15) is 4.88 Å². The largest absolute Gasteiger partial charge is 0.448 e. The molecule has 0 unspecified atom stereocenters. The number of aromatic nitrogens is 2. The molecule has 5 rings (SSSR count). The number of thiophene rings is 1. The van der Waals surface area contributed by atoms with E-state index < -0.39 is 5.82 Å². The van der Waals surface area contributed by atoms with E-state index in [0.717, 1.165) is 22.0 Å². The molecule has 2 aromatic carbocycles. The molecule has 0 fully saturated rings. The molecule has 0 aliphatic heterocycles. The summed E-state index contributed by atoms with van der Waals surface area (Å²) in [6.07, 6.45) is 0. The SMILES string of the molecule is O=C(CSc1nc2c(oc3ccccc32)c(=O)n1Cc1cccs1)Nc1cccc(F)c1. The summed E-state index contributed by atoms with van der Waals surface area (Å²) < 4.78 is 20.7. The fourth-order valence-electron chi connectivity index (χ4n) is 3.35. The summed E-state index contributed by atoms with van der Waals surface area (Å²) in [4.78, 5) is 31.4. The van der Waals surface area contributed by atoms with Crippen molar-refractivity contribution in [2.75, 3.05) is 11.1 Å². The minimum Gasteiger partial charge on any atom is -0.448 e. The topological polar surface area (TPSA) is 77.1 Å². The van der Waals surface area contributed by atoms with Gasteiger partial charge in [-0.2, -0.15) is 0 Å². The maximum Gasteiger partial charge on any atom is 0.298 e. The molecule has 1 N–H and O–H groups in total. The number of hydrogen-bond donors (Lipinski definition) is 1. The fourth-order valence-corrected chi connectivity index (χ4v) is 4.84. The molecule has 0 atom stereocenters. The first kappa shape index (κ1) is 20.5. The average Bonchev–Trinajstić information content (AvgIpc) is 3.42. The molecule has 6 nitrogen and oxygen atoms in total. The number of anilines is 1. The van der Waals surface area contributed by atoms with Crippen LogP contribution in [0.4, 0.5) is 10.1 Å². The number of nitrogens with one attached hydrogen (secondary N) is 1. The van der Waals surface area contributed by atoms with Crippen molar-refractivity contribution in [3.63, 3.8) is 0 Å². The summed E-state index contributed by atoms with van der Waals surface area (Å²) in [6.45, 7) is 0.324. The van der Waals surface area contributed by atoms with Crippen LogP contribution >= 0.6 is 23.1 Å². The summed E-state index contributed by atoms with van der Waals surface area (Å²) >= 11 is 2.68. The number of benzene rings is 2. The minimum absolute atomic E-state index is 0.00862. The lowest BCUT2D eigenvalue weighted by Gasteiger charge is -2.11. The van der Waals surface area contributed by atoms with Crippen LogP contribution in [0.25, 0.3) is 22.1 Å². The first-order chi connectivity index (χ1) is 15.6. The predicted molar refractivity (Wildman–Crippen MR) is 125 cm³/mol. The second kappa shape index (κ2) is 8.60. The first-order valence-corrected chi connectivity index (χ1v) is 11.6. The zero-order valence-corrected chi connectivity index (χ0v) is 18.2. The third-order valence-electron chi connectivity index (χ3n) is 4.78. The number of nitrogens with zero attached hydrogens (tertiary/aromatic N) is 2. The Morgan fingerprint density at radius 3 is 2.84 bits per heavy atom. The Kier molecular flexibility index (Phi) is 5.50. The van der Waals surface area contributed by atoms with Gasteiger partial charge in [-0.15, -0.1) is 11.3 Å². The summed E-state index contributed by atoms with van der Waals surface area (Å²) in [5.41, 5.74) is 1.32. The Bertz CT molecular complexity index is 1490. The van der Waals surface area contributed by atoms with Gasteiger partial charge >= 0.3 is 0 Å². The Labute approximate surface area is 189 Å². The molecule has 0 saturated carbocycles. The van der Waals surface area contributed by atoms with Crippen LogP contribution in [0, 0.1) is 5.82 Å². The Hall–Kier alpha value is -3.43. The van der Waals surface area contributed by atoms with Crippen molar-refractivity contribution in [2.45, 2.75) is 11.7 Å². The molecule has 3 aromatic heterocycles. The number of carbonyl (C=O) groups excluding carboxylic acids is 1. The first-order valence-electron chi connectivity index (χ1n) is 9.71. The highest BCUT2D eigenvalue weighted by molar-refractivity contribution is 7.99. The smallest absolute Gasteiger partial charge is 0.298 e. The summed E-state index contributed by atoms with van der Waals surface area (Å²) in [5, 5.41) is 5.76. The summed E-state index contributed by atoms with van der Waals surface area (Å²) in [6, 6.07) is 16.9. The lowest BCUT2D eigenvalue weighted by atomic mass is 10.2. The zero-order chi connectivity index (χ0) is 22.1. The number of amides is 1. The summed E-state index contributed by atoms with van der Waals surface area (Å²) in [5.74, 6) is -0.747. The van der Waals surface area contributed by atoms with Gasteiger partial charge in [0.05, 0.1) is 12.3 Å². The van der Waals surface area contributed by atoms with Crippen molar-refractivity contribution in [1.29, 1.82) is 0 Å². The average molecular weight is 466 g/mol. The summed E-state index contributed by atoms with van der Waals surface area (Å²) in [7, 11) is 0. The molecule has 0 aliphatic rings. The number of halogens is 1. The molecule has 0 spiro atoms. The Morgan fingerprint density at radius 1 is 1.16 bits per heavy atom. The third-order valence-corrected chi connectivity index (χ3v) is 6.62. The number of fused-ring (bicyclic) bond motifs is 3. The van der Waals surface area contributed by atoms with Gasteiger partial charge in [-0.1, -0.05) is 36.0 Å². The molecule has 0 aliphatic carbocycles. The highest BCUT2D eigenvalue weighted by Gasteiger charge is 2.19. The molecular weight excluding hydrogens is 449 g/mol. The fraction of sp³-hybridized carbons (Fsp3) is 0.0870. The second-order valence-corrected chi connectivity index (χ2v) is 8.96. The van der Waals surface area contributed by atoms with Gasteiger partial charge in [0.15, 0.2) is 5.16 Å². The van der Waals surface area contributed by atoms with E-state index in [4.69, 9.17) is 9.40 Å². The van der Waals surface area contributed by atoms with Gasteiger partial charge in [-0.25, -0.2) is 9.37 Å². The van der Waals surface area contributed by atoms with Crippen LogP contribution in [0.3, 0.4) is 0 Å². The molecule has 5 aromatic rings. The normalized spacial score (nSPS) is 11.3. The molecule has 0 saturated heterocycles. The van der Waals surface area contributed by atoms with Gasteiger partial charge in [0.25, 0.3) is 5.56 Å². The number of para-hydroxylation sites is 1. The standard InChI is InChI=1S/C23H16FN3O3S2/c24-14-5-3-6-15(11-14)25-19(28)13-32-23-26-20-17-8-1-2-9-18(17)30-21(20)22(29)27(23)12-16-7-4-10-31-16/h1-11H,12-13H2,(H,25,28). The van der Waals surface area contributed by atoms with E-state index in [0.29, 0.717) is 28.5 Å². The lowest BCUT2D eigenvalue weighted by molar-refractivity contribution is -0.113. The number of furan rings is 1. The number of rotatable bonds is 6. The van der Waals surface area contributed by atoms with Crippen LogP contribution < -0.4 is 10.9 Å². The maximum absolute atomic E-state index is 13.4. The predicted octanol–water partition coefficient (Wildman–Crippen LogP) is 5.12. The molecule has 9 heteroatoms. The van der Waals surface area contributed by atoms with E-state index in [9.17, 15) is 14.0 Å². The van der Waals surface area contributed by atoms with Crippen molar-refractivity contribution in [1.82, 2.24) is 9.55 Å². The van der Waals surface area contributed by atoms with Crippen LogP contribution in [0.5, 0.6) is 0 Å². The van der Waals surface area contributed by atoms with Gasteiger partial charge in [-0.05, 0) is 41.8 Å². The second-order valence-electron chi connectivity index (χ2n) is 6.99. The Balaban J connectivity index is 1.50. The number of carbonyl (C=O) groups is 1. The van der Waals surface area contributed by atoms with E-state index in [1.165, 1.54) is 34.1 Å². The maximum atomic E-state index is 13.4. The molecule has 160 valence electrons. The highest BCUT2D eigenvalue weighted by atomic mass is 32.2. The van der Waals surface area contributed by atoms with Gasteiger partial charge in [0.2, 0.25) is 11.5 Å². The van der Waals surface area contributed by atoms with Crippen LogP contribution in [0.15, 0.2) is 80.4 Å². The number of thioether (sulfide) groups is 1. The monoisotopic (exact) mass is 465 g/mol. The highest BCUT2D eigenvalue weighted by Crippen LogP contribution is 2.28. The van der Waals surface area contributed by atoms with Crippen LogP contribution in [-0.4, -0.2) is 21.2 Å². The van der Waals surface area contributed by atoms with E-state index >= 15 is 0 Å². The minimum atomic E-state index is -0.431. The van der Waals surface area contributed by atoms with Gasteiger partial charge in [0, 0.05) is 16.0 Å². The molecule has 32 heavy (non-hydrogen) atoms. The lowest BCUT2D eigenvalue weighted by Crippen LogP contribution is -2.24. The Morgan fingerprint density at radius 2 is 2.03 bits per heavy atom. The third kappa shape index (κ3) is 4.04. The van der Waals surface area contributed by atoms with Crippen molar-refractivity contribution in [3.05, 3.63) is 87.1 Å². The van der Waals surface area contributed by atoms with Gasteiger partial charge in [-0.3, -0.25) is 14.2 Å². The molecular formula is C23H16FN3O3S2. The zero-order valence-electron chi connectivity index (χ0n) is 16.6. The van der Waals surface area contributed by atoms with Gasteiger partial charge < -0.3 is 9.73 Å². The van der Waals surface area contributed by atoms with Gasteiger partial charge in [0.1, 0.15) is 16.9 Å². The molecule has 0 radical (unpaired) electrons. The van der Waals surface area contributed by atoms with Crippen molar-refractivity contribution < 1.29 is 13.6 Å². The molecule has 3 heterocycles. The van der Waals surface area contributed by atoms with E-state index in [1.54, 1.807) is 12.1 Å². The van der Waals surface area contributed by atoms with Crippen LogP contribution in [0.2, 0.25) is 0 Å². The van der Waals surface area contributed by atoms with E-state index in [2.05, 4.69) is 5.32 Å². The quantitative estimate of drug-likeness (QED) is 0.278. The van der Waals surface area contributed by atoms with Crippen molar-refractivity contribution in [3.8, 4) is 0 Å². The van der Waals surface area contributed by atoms with E-state index in [1.807, 2.05) is 35.7 Å². The number of hydrogen-bond acceptors (Lipinski definition) is 6. The van der Waals surface area contributed by atoms with E-state index in [-0.39, 0.29) is 22.8 Å². The molecule has 0 bridgehead atoms. The van der Waals surface area contributed by atoms with Crippen LogP contribution in [-0.2, 0) is 11.3 Å². The molecule has 1 amide bonds.